The van der Waals surface area contributed by atoms with Gasteiger partial charge in [0.1, 0.15) is 21.4 Å². The van der Waals surface area contributed by atoms with Crippen molar-refractivity contribution in [1.29, 1.82) is 0 Å². The minimum absolute atomic E-state index is 0.353. The molecule has 4 heteroatoms. The molecule has 2 nitrogen and oxygen atoms in total. The summed E-state index contributed by atoms with van der Waals surface area (Å²) in [5.74, 6) is 0.353. The first-order valence-electron chi connectivity index (χ1n) is 5.33. The lowest BCUT2D eigenvalue weighted by molar-refractivity contribution is 0.483. The van der Waals surface area contributed by atoms with Crippen LogP contribution in [0.1, 0.15) is 5.69 Å². The van der Waals surface area contributed by atoms with Crippen molar-refractivity contribution in [2.45, 2.75) is 6.92 Å². The number of aryl methyl sites for hydroxylation is 1. The average Bonchev–Trinajstić information content (AvgIpc) is 2.32. The second kappa shape index (κ2) is 4.05. The second-order valence-electron chi connectivity index (χ2n) is 4.01. The van der Waals surface area contributed by atoms with Gasteiger partial charge in [0.25, 0.3) is 0 Å². The summed E-state index contributed by atoms with van der Waals surface area (Å²) in [5, 5.41) is 9.99. The molecule has 2 aromatic rings. The summed E-state index contributed by atoms with van der Waals surface area (Å²) in [7, 11) is 3.79. The van der Waals surface area contributed by atoms with Crippen molar-refractivity contribution in [3.8, 4) is 17.0 Å². The van der Waals surface area contributed by atoms with Crippen molar-refractivity contribution in [3.63, 3.8) is 0 Å². The molecule has 0 unspecified atom stereocenters. The van der Waals surface area contributed by atoms with Gasteiger partial charge in [0.15, 0.2) is 0 Å². The Hall–Kier alpha value is -1.70. The third-order valence-electron chi connectivity index (χ3n) is 2.94. The SMILES string of the molecule is Bc1c(C)nc(-c2ccccc2)c(B)c1O. The third-order valence-corrected chi connectivity index (χ3v) is 2.94. The van der Waals surface area contributed by atoms with Crippen molar-refractivity contribution in [2.75, 3.05) is 0 Å². The van der Waals surface area contributed by atoms with Gasteiger partial charge in [-0.05, 0) is 23.4 Å². The van der Waals surface area contributed by atoms with E-state index in [1.807, 2.05) is 52.9 Å². The van der Waals surface area contributed by atoms with E-state index in [1.54, 1.807) is 0 Å². The molecule has 0 saturated carbocycles. The van der Waals surface area contributed by atoms with Crippen LogP contribution >= 0.6 is 0 Å². The number of aromatic nitrogens is 1. The molecule has 1 heterocycles. The molecular formula is C12H13B2NO. The maximum absolute atomic E-state index is 9.99. The summed E-state index contributed by atoms with van der Waals surface area (Å²) in [6.45, 7) is 1.92. The van der Waals surface area contributed by atoms with Crippen LogP contribution in [0.15, 0.2) is 30.3 Å². The Morgan fingerprint density at radius 1 is 1.06 bits per heavy atom. The molecule has 0 aliphatic heterocycles. The first kappa shape index (κ1) is 10.8. The average molecular weight is 209 g/mol. The van der Waals surface area contributed by atoms with Gasteiger partial charge in [0.05, 0.1) is 5.69 Å². The Labute approximate surface area is 97.2 Å². The summed E-state index contributed by atoms with van der Waals surface area (Å²) < 4.78 is 0. The maximum atomic E-state index is 9.99. The molecule has 78 valence electrons. The lowest BCUT2D eigenvalue weighted by atomic mass is 9.82. The van der Waals surface area contributed by atoms with E-state index in [0.29, 0.717) is 5.75 Å². The van der Waals surface area contributed by atoms with Gasteiger partial charge in [-0.15, -0.1) is 0 Å². The van der Waals surface area contributed by atoms with Gasteiger partial charge >= 0.3 is 0 Å². The van der Waals surface area contributed by atoms with E-state index in [2.05, 4.69) is 4.98 Å². The molecule has 0 radical (unpaired) electrons. The Bertz CT molecular complexity index is 526. The number of benzene rings is 1. The second-order valence-corrected chi connectivity index (χ2v) is 4.01. The third kappa shape index (κ3) is 1.71. The van der Waals surface area contributed by atoms with Gasteiger partial charge < -0.3 is 5.11 Å². The van der Waals surface area contributed by atoms with Crippen molar-refractivity contribution >= 4 is 26.6 Å². The highest BCUT2D eigenvalue weighted by Gasteiger charge is 2.11. The summed E-state index contributed by atoms with van der Waals surface area (Å²) in [6.07, 6.45) is 0. The predicted octanol–water partition coefficient (Wildman–Crippen LogP) is -0.721. The quantitative estimate of drug-likeness (QED) is 0.628. The molecule has 1 N–H and O–H groups in total. The number of hydrogen-bond acceptors (Lipinski definition) is 2. The van der Waals surface area contributed by atoms with E-state index in [1.165, 1.54) is 0 Å². The highest BCUT2D eigenvalue weighted by molar-refractivity contribution is 6.43. The summed E-state index contributed by atoms with van der Waals surface area (Å²) in [5.41, 5.74) is 4.48. The van der Waals surface area contributed by atoms with Crippen LogP contribution in [0.4, 0.5) is 0 Å². The minimum Gasteiger partial charge on any atom is -0.509 e. The van der Waals surface area contributed by atoms with Crippen LogP contribution < -0.4 is 10.9 Å². The van der Waals surface area contributed by atoms with Crippen molar-refractivity contribution in [3.05, 3.63) is 36.0 Å². The van der Waals surface area contributed by atoms with E-state index in [9.17, 15) is 5.11 Å². The number of hydrogen-bond donors (Lipinski definition) is 1. The highest BCUT2D eigenvalue weighted by atomic mass is 16.3. The smallest absolute Gasteiger partial charge is 0.147 e. The van der Waals surface area contributed by atoms with Crippen LogP contribution in [0, 0.1) is 6.92 Å². The normalized spacial score (nSPS) is 10.3. The summed E-state index contributed by atoms with van der Waals surface area (Å²) in [6, 6.07) is 9.93. The molecule has 16 heavy (non-hydrogen) atoms. The Kier molecular flexibility index (Phi) is 2.73. The van der Waals surface area contributed by atoms with Crippen LogP contribution in [0.25, 0.3) is 11.3 Å². The predicted molar refractivity (Wildman–Crippen MR) is 72.4 cm³/mol. The van der Waals surface area contributed by atoms with Crippen molar-refractivity contribution in [2.24, 2.45) is 0 Å². The Morgan fingerprint density at radius 3 is 2.31 bits per heavy atom. The largest absolute Gasteiger partial charge is 0.509 e. The topological polar surface area (TPSA) is 33.1 Å². The lowest BCUT2D eigenvalue weighted by Crippen LogP contribution is -2.22. The van der Waals surface area contributed by atoms with E-state index >= 15 is 0 Å². The molecule has 1 aromatic carbocycles. The lowest BCUT2D eigenvalue weighted by Gasteiger charge is -2.12. The highest BCUT2D eigenvalue weighted by Crippen LogP contribution is 2.17. The van der Waals surface area contributed by atoms with Gasteiger partial charge in [-0.2, -0.15) is 0 Å². The Morgan fingerprint density at radius 2 is 1.69 bits per heavy atom. The van der Waals surface area contributed by atoms with Crippen molar-refractivity contribution in [1.82, 2.24) is 4.98 Å². The van der Waals surface area contributed by atoms with Gasteiger partial charge in [0, 0.05) is 5.69 Å². The minimum atomic E-state index is 0.353. The monoisotopic (exact) mass is 209 g/mol. The molecule has 0 amide bonds. The van der Waals surface area contributed by atoms with E-state index in [4.69, 9.17) is 0 Å². The van der Waals surface area contributed by atoms with Crippen LogP contribution in [-0.4, -0.2) is 25.8 Å². The number of nitrogens with zero attached hydrogens (tertiary/aromatic N) is 1. The van der Waals surface area contributed by atoms with Crippen LogP contribution in [0.5, 0.6) is 5.75 Å². The summed E-state index contributed by atoms with van der Waals surface area (Å²) >= 11 is 0. The fraction of sp³-hybridized carbons (Fsp3) is 0.0833. The number of aromatic hydroxyl groups is 1. The molecule has 1 aromatic heterocycles. The molecule has 0 atom stereocenters. The number of pyridine rings is 1. The zero-order chi connectivity index (χ0) is 11.7. The molecule has 0 aliphatic rings. The summed E-state index contributed by atoms with van der Waals surface area (Å²) in [4.78, 5) is 4.54. The molecule has 0 saturated heterocycles. The van der Waals surface area contributed by atoms with Gasteiger partial charge in [-0.1, -0.05) is 30.3 Å². The van der Waals surface area contributed by atoms with E-state index in [-0.39, 0.29) is 0 Å². The molecule has 0 spiro atoms. The van der Waals surface area contributed by atoms with Gasteiger partial charge in [-0.25, -0.2) is 0 Å². The Balaban J connectivity index is 2.68. The molecule has 0 fully saturated rings. The van der Waals surface area contributed by atoms with Crippen LogP contribution in [0.3, 0.4) is 0 Å². The van der Waals surface area contributed by atoms with Crippen LogP contribution in [-0.2, 0) is 0 Å². The molecular weight excluding hydrogens is 196 g/mol. The molecule has 2 rings (SSSR count). The zero-order valence-corrected chi connectivity index (χ0v) is 9.78. The van der Waals surface area contributed by atoms with Crippen molar-refractivity contribution < 1.29 is 5.11 Å². The fourth-order valence-electron chi connectivity index (χ4n) is 1.78. The maximum Gasteiger partial charge on any atom is 0.147 e. The zero-order valence-electron chi connectivity index (χ0n) is 9.78. The standard InChI is InChI=1S/C12H13B2NO/c1-7-9(13)12(16)10(14)11(15-7)8-5-3-2-4-6-8/h2-6H,13-14H2,1H3,(H,15,16). The molecule has 0 bridgehead atoms. The van der Waals surface area contributed by atoms with Crippen LogP contribution in [0.2, 0.25) is 0 Å². The number of rotatable bonds is 1. The fourth-order valence-corrected chi connectivity index (χ4v) is 1.78. The van der Waals surface area contributed by atoms with Gasteiger partial charge in [0.2, 0.25) is 0 Å². The van der Waals surface area contributed by atoms with E-state index in [0.717, 1.165) is 27.9 Å². The first-order chi connectivity index (χ1) is 7.61. The van der Waals surface area contributed by atoms with E-state index < -0.39 is 0 Å². The van der Waals surface area contributed by atoms with Gasteiger partial charge in [-0.3, -0.25) is 4.98 Å². The first-order valence-corrected chi connectivity index (χ1v) is 5.33. The molecule has 0 aliphatic carbocycles.